The lowest BCUT2D eigenvalue weighted by Gasteiger charge is -2.29. The Labute approximate surface area is 153 Å². The van der Waals surface area contributed by atoms with Gasteiger partial charge in [0.25, 0.3) is 0 Å². The molecule has 0 unspecified atom stereocenters. The third-order valence-electron chi connectivity index (χ3n) is 4.17. The molecule has 1 heterocycles. The fraction of sp³-hybridized carbons (Fsp3) is 0.294. The van der Waals surface area contributed by atoms with Crippen LogP contribution in [0.25, 0.3) is 0 Å². The van der Waals surface area contributed by atoms with E-state index in [2.05, 4.69) is 41.8 Å². The predicted molar refractivity (Wildman–Crippen MR) is 98.2 cm³/mol. The van der Waals surface area contributed by atoms with E-state index >= 15 is 0 Å². The van der Waals surface area contributed by atoms with Crippen LogP contribution in [0.5, 0.6) is 0 Å². The van der Waals surface area contributed by atoms with E-state index in [4.69, 9.17) is 0 Å². The molecule has 0 saturated heterocycles. The average Bonchev–Trinajstić information content (AvgIpc) is 3.07. The Morgan fingerprint density at radius 3 is 2.24 bits per heavy atom. The summed E-state index contributed by atoms with van der Waals surface area (Å²) in [7, 11) is 0. The highest BCUT2D eigenvalue weighted by Gasteiger charge is 2.42. The fourth-order valence-corrected chi connectivity index (χ4v) is 3.18. The van der Waals surface area contributed by atoms with Gasteiger partial charge in [-0.1, -0.05) is 28.8 Å². The van der Waals surface area contributed by atoms with Crippen LogP contribution in [-0.2, 0) is 4.79 Å². The maximum atomic E-state index is 12.8. The van der Waals surface area contributed by atoms with Crippen LogP contribution in [0.15, 0.2) is 47.5 Å². The SMILES string of the molecule is O=C(Nc1ccc(Br)cc1)NC1(C(=O)Nc2cncnc2)CCCC1. The number of aromatic nitrogens is 2. The van der Waals surface area contributed by atoms with Crippen molar-refractivity contribution in [1.82, 2.24) is 15.3 Å². The second-order valence-corrected chi connectivity index (χ2v) is 6.87. The molecule has 0 spiro atoms. The van der Waals surface area contributed by atoms with Crippen molar-refractivity contribution < 1.29 is 9.59 Å². The fourth-order valence-electron chi connectivity index (χ4n) is 2.91. The van der Waals surface area contributed by atoms with E-state index in [-0.39, 0.29) is 5.91 Å². The number of halogens is 1. The summed E-state index contributed by atoms with van der Waals surface area (Å²) < 4.78 is 0.926. The van der Waals surface area contributed by atoms with Gasteiger partial charge in [-0.2, -0.15) is 0 Å². The Kier molecular flexibility index (Phi) is 5.28. The van der Waals surface area contributed by atoms with Crippen molar-refractivity contribution in [3.05, 3.63) is 47.5 Å². The second-order valence-electron chi connectivity index (χ2n) is 5.96. The molecule has 8 heteroatoms. The van der Waals surface area contributed by atoms with Gasteiger partial charge < -0.3 is 16.0 Å². The van der Waals surface area contributed by atoms with Gasteiger partial charge >= 0.3 is 6.03 Å². The molecule has 0 radical (unpaired) electrons. The average molecular weight is 404 g/mol. The number of nitrogens with one attached hydrogen (secondary N) is 3. The highest BCUT2D eigenvalue weighted by Crippen LogP contribution is 2.31. The first-order valence-corrected chi connectivity index (χ1v) is 8.78. The molecule has 130 valence electrons. The van der Waals surface area contributed by atoms with Crippen LogP contribution in [0.3, 0.4) is 0 Å². The lowest BCUT2D eigenvalue weighted by atomic mass is 9.96. The van der Waals surface area contributed by atoms with Crippen LogP contribution < -0.4 is 16.0 Å². The molecule has 0 atom stereocenters. The number of benzene rings is 1. The normalized spacial score (nSPS) is 15.4. The number of carbonyl (C=O) groups excluding carboxylic acids is 2. The lowest BCUT2D eigenvalue weighted by Crippen LogP contribution is -2.56. The van der Waals surface area contributed by atoms with Crippen molar-refractivity contribution in [2.75, 3.05) is 10.6 Å². The number of rotatable bonds is 4. The minimum atomic E-state index is -0.921. The minimum absolute atomic E-state index is 0.245. The molecular formula is C17H18BrN5O2. The molecule has 1 aliphatic carbocycles. The van der Waals surface area contributed by atoms with Gasteiger partial charge in [-0.3, -0.25) is 4.79 Å². The Morgan fingerprint density at radius 2 is 1.60 bits per heavy atom. The van der Waals surface area contributed by atoms with Gasteiger partial charge in [0.1, 0.15) is 11.9 Å². The summed E-state index contributed by atoms with van der Waals surface area (Å²) in [6, 6.07) is 6.84. The lowest BCUT2D eigenvalue weighted by molar-refractivity contribution is -0.121. The van der Waals surface area contributed by atoms with Crippen LogP contribution >= 0.6 is 15.9 Å². The van der Waals surface area contributed by atoms with Crippen LogP contribution in [-0.4, -0.2) is 27.4 Å². The van der Waals surface area contributed by atoms with Gasteiger partial charge in [-0.05, 0) is 37.1 Å². The van der Waals surface area contributed by atoms with Gasteiger partial charge in [0, 0.05) is 10.2 Å². The van der Waals surface area contributed by atoms with Crippen LogP contribution in [0.1, 0.15) is 25.7 Å². The monoisotopic (exact) mass is 403 g/mol. The standard InChI is InChI=1S/C17H18BrN5O2/c18-12-3-5-13(6-4-12)22-16(25)23-17(7-1-2-8-17)15(24)21-14-9-19-11-20-10-14/h3-6,9-11H,1-2,7-8H2,(H,21,24)(H2,22,23,25). The molecule has 0 bridgehead atoms. The molecule has 7 nitrogen and oxygen atoms in total. The van der Waals surface area contributed by atoms with Crippen molar-refractivity contribution in [3.8, 4) is 0 Å². The molecule has 1 fully saturated rings. The summed E-state index contributed by atoms with van der Waals surface area (Å²) in [6.07, 6.45) is 7.41. The van der Waals surface area contributed by atoms with Crippen molar-refractivity contribution >= 4 is 39.2 Å². The first-order valence-electron chi connectivity index (χ1n) is 7.99. The molecule has 3 N–H and O–H groups in total. The molecule has 0 aliphatic heterocycles. The van der Waals surface area contributed by atoms with Crippen molar-refractivity contribution in [2.24, 2.45) is 0 Å². The molecule has 1 saturated carbocycles. The number of nitrogens with zero attached hydrogens (tertiary/aromatic N) is 2. The summed E-state index contributed by atoms with van der Waals surface area (Å²) in [6.45, 7) is 0. The zero-order valence-electron chi connectivity index (χ0n) is 13.5. The zero-order valence-corrected chi connectivity index (χ0v) is 15.0. The van der Waals surface area contributed by atoms with Crippen LogP contribution in [0.4, 0.5) is 16.2 Å². The maximum absolute atomic E-state index is 12.8. The highest BCUT2D eigenvalue weighted by molar-refractivity contribution is 9.10. The molecule has 25 heavy (non-hydrogen) atoms. The van der Waals surface area contributed by atoms with E-state index in [0.717, 1.165) is 17.3 Å². The van der Waals surface area contributed by atoms with Crippen molar-refractivity contribution in [3.63, 3.8) is 0 Å². The van der Waals surface area contributed by atoms with E-state index in [1.165, 1.54) is 18.7 Å². The summed E-state index contributed by atoms with van der Waals surface area (Å²) in [5.41, 5.74) is 0.245. The van der Waals surface area contributed by atoms with Crippen LogP contribution in [0, 0.1) is 0 Å². The largest absolute Gasteiger partial charge is 0.323 e. The molecule has 3 amide bonds. The zero-order chi connectivity index (χ0) is 17.7. The minimum Gasteiger partial charge on any atom is -0.323 e. The maximum Gasteiger partial charge on any atom is 0.320 e. The number of hydrogen-bond donors (Lipinski definition) is 3. The summed E-state index contributed by atoms with van der Waals surface area (Å²) >= 11 is 3.35. The predicted octanol–water partition coefficient (Wildman–Crippen LogP) is 3.31. The molecule has 1 aromatic heterocycles. The smallest absolute Gasteiger partial charge is 0.320 e. The topological polar surface area (TPSA) is 96.0 Å². The third-order valence-corrected chi connectivity index (χ3v) is 4.69. The van der Waals surface area contributed by atoms with Crippen molar-refractivity contribution in [1.29, 1.82) is 0 Å². The van der Waals surface area contributed by atoms with Gasteiger partial charge in [0.2, 0.25) is 5.91 Å². The number of hydrogen-bond acceptors (Lipinski definition) is 4. The number of amides is 3. The number of anilines is 2. The van der Waals surface area contributed by atoms with E-state index in [1.807, 2.05) is 12.1 Å². The molecular weight excluding hydrogens is 386 g/mol. The third kappa shape index (κ3) is 4.33. The van der Waals surface area contributed by atoms with Gasteiger partial charge in [0.15, 0.2) is 0 Å². The van der Waals surface area contributed by atoms with E-state index < -0.39 is 11.6 Å². The Hall–Kier alpha value is -2.48. The van der Waals surface area contributed by atoms with Gasteiger partial charge in [-0.25, -0.2) is 14.8 Å². The Morgan fingerprint density at radius 1 is 0.960 bits per heavy atom. The first-order chi connectivity index (χ1) is 12.1. The number of carbonyl (C=O) groups is 2. The van der Waals surface area contributed by atoms with E-state index in [0.29, 0.717) is 24.2 Å². The second kappa shape index (κ2) is 7.60. The van der Waals surface area contributed by atoms with Crippen LogP contribution in [0.2, 0.25) is 0 Å². The summed E-state index contributed by atoms with van der Waals surface area (Å²) in [5.74, 6) is -0.245. The Balaban J connectivity index is 1.68. The van der Waals surface area contributed by atoms with E-state index in [9.17, 15) is 9.59 Å². The molecule has 3 rings (SSSR count). The highest BCUT2D eigenvalue weighted by atomic mass is 79.9. The first kappa shape index (κ1) is 17.3. The quantitative estimate of drug-likeness (QED) is 0.729. The molecule has 1 aliphatic rings. The van der Waals surface area contributed by atoms with Crippen molar-refractivity contribution in [2.45, 2.75) is 31.2 Å². The van der Waals surface area contributed by atoms with Gasteiger partial charge in [-0.15, -0.1) is 0 Å². The van der Waals surface area contributed by atoms with E-state index in [1.54, 1.807) is 12.1 Å². The van der Waals surface area contributed by atoms with Gasteiger partial charge in [0.05, 0.1) is 18.1 Å². The summed E-state index contributed by atoms with van der Waals surface area (Å²) in [4.78, 5) is 32.9. The number of urea groups is 1. The Bertz CT molecular complexity index is 745. The summed E-state index contributed by atoms with van der Waals surface area (Å²) in [5, 5.41) is 8.41. The molecule has 2 aromatic rings. The molecule has 1 aromatic carbocycles.